The fourth-order valence-electron chi connectivity index (χ4n) is 3.22. The molecule has 1 aliphatic carbocycles. The Hall–Kier alpha value is -1.41. The van der Waals surface area contributed by atoms with Crippen LogP contribution in [0.2, 0.25) is 0 Å². The van der Waals surface area contributed by atoms with Crippen LogP contribution >= 0.6 is 15.9 Å². The van der Waals surface area contributed by atoms with Crippen molar-refractivity contribution < 1.29 is 4.79 Å². The average molecular weight is 329 g/mol. The highest BCUT2D eigenvalue weighted by atomic mass is 79.9. The molecule has 3 rings (SSSR count). The molecule has 2 aromatic rings. The van der Waals surface area contributed by atoms with Gasteiger partial charge in [-0.1, -0.05) is 76.6 Å². The molecule has 2 heteroatoms. The van der Waals surface area contributed by atoms with Crippen molar-refractivity contribution in [3.8, 4) is 0 Å². The monoisotopic (exact) mass is 328 g/mol. The first-order valence-electron chi connectivity index (χ1n) is 7.00. The molecular formula is C18H17BrO. The number of carbonyl (C=O) groups excluding carboxylic acids is 1. The lowest BCUT2D eigenvalue weighted by Gasteiger charge is -2.40. The van der Waals surface area contributed by atoms with Crippen LogP contribution in [0.25, 0.3) is 0 Å². The highest BCUT2D eigenvalue weighted by Crippen LogP contribution is 2.45. The molecule has 0 amide bonds. The van der Waals surface area contributed by atoms with Gasteiger partial charge in [0.25, 0.3) is 0 Å². The molecule has 1 unspecified atom stereocenters. The summed E-state index contributed by atoms with van der Waals surface area (Å²) in [5, 5.41) is 0. The van der Waals surface area contributed by atoms with Crippen molar-refractivity contribution in [1.82, 2.24) is 0 Å². The maximum absolute atomic E-state index is 11.9. The maximum atomic E-state index is 11.9. The van der Waals surface area contributed by atoms with Gasteiger partial charge in [-0.2, -0.15) is 0 Å². The van der Waals surface area contributed by atoms with E-state index in [0.717, 1.165) is 12.8 Å². The van der Waals surface area contributed by atoms with Crippen LogP contribution in [-0.4, -0.2) is 10.6 Å². The number of alkyl halides is 1. The largest absolute Gasteiger partial charge is 0.298 e. The Morgan fingerprint density at radius 1 is 0.900 bits per heavy atom. The van der Waals surface area contributed by atoms with E-state index in [1.807, 2.05) is 12.1 Å². The van der Waals surface area contributed by atoms with Gasteiger partial charge in [0.05, 0.1) is 4.83 Å². The second kappa shape index (κ2) is 5.53. The zero-order valence-electron chi connectivity index (χ0n) is 11.3. The Labute approximate surface area is 128 Å². The summed E-state index contributed by atoms with van der Waals surface area (Å²) in [6.07, 6.45) is 2.36. The number of hydrogen-bond donors (Lipinski definition) is 0. The van der Waals surface area contributed by atoms with Crippen LogP contribution in [0.3, 0.4) is 0 Å². The van der Waals surface area contributed by atoms with Crippen molar-refractivity contribution >= 4 is 21.7 Å². The topological polar surface area (TPSA) is 17.1 Å². The Morgan fingerprint density at radius 3 is 1.85 bits per heavy atom. The van der Waals surface area contributed by atoms with Crippen LogP contribution in [0.4, 0.5) is 0 Å². The molecule has 0 radical (unpaired) electrons. The molecule has 2 aromatic carbocycles. The standard InChI is InChI=1S/C18H17BrO/c19-16-13-18(12-11-17(16)20,14-7-3-1-4-8-14)15-9-5-2-6-10-15/h1-10,16H,11-13H2. The number of Topliss-reactive ketones (excluding diaryl/α,β-unsaturated/α-hetero) is 1. The van der Waals surface area contributed by atoms with Crippen molar-refractivity contribution in [2.45, 2.75) is 29.5 Å². The molecule has 102 valence electrons. The molecule has 0 heterocycles. The highest BCUT2D eigenvalue weighted by Gasteiger charge is 2.41. The number of ketones is 1. The molecule has 0 bridgehead atoms. The van der Waals surface area contributed by atoms with Gasteiger partial charge in [-0.3, -0.25) is 4.79 Å². The minimum Gasteiger partial charge on any atom is -0.298 e. The lowest BCUT2D eigenvalue weighted by atomic mass is 9.65. The molecule has 1 saturated carbocycles. The highest BCUT2D eigenvalue weighted by molar-refractivity contribution is 9.10. The molecule has 0 saturated heterocycles. The van der Waals surface area contributed by atoms with Crippen LogP contribution in [0.5, 0.6) is 0 Å². The number of benzene rings is 2. The molecular weight excluding hydrogens is 312 g/mol. The van der Waals surface area contributed by atoms with E-state index in [1.165, 1.54) is 11.1 Å². The van der Waals surface area contributed by atoms with Crippen molar-refractivity contribution in [1.29, 1.82) is 0 Å². The van der Waals surface area contributed by atoms with Gasteiger partial charge in [0.15, 0.2) is 0 Å². The first-order valence-corrected chi connectivity index (χ1v) is 7.92. The minimum absolute atomic E-state index is 0.0448. The quantitative estimate of drug-likeness (QED) is 0.742. The fraction of sp³-hybridized carbons (Fsp3) is 0.278. The Morgan fingerprint density at radius 2 is 1.40 bits per heavy atom. The molecule has 1 fully saturated rings. The van der Waals surface area contributed by atoms with Gasteiger partial charge in [0.2, 0.25) is 0 Å². The van der Waals surface area contributed by atoms with Crippen molar-refractivity contribution in [3.05, 3.63) is 71.8 Å². The van der Waals surface area contributed by atoms with E-state index in [1.54, 1.807) is 0 Å². The maximum Gasteiger partial charge on any atom is 0.146 e. The minimum atomic E-state index is -0.0510. The number of hydrogen-bond acceptors (Lipinski definition) is 1. The van der Waals surface area contributed by atoms with Crippen LogP contribution in [0, 0.1) is 0 Å². The summed E-state index contributed by atoms with van der Waals surface area (Å²) in [5.41, 5.74) is 2.57. The second-order valence-electron chi connectivity index (χ2n) is 5.45. The predicted octanol–water partition coefficient (Wildman–Crippen LogP) is 4.49. The lowest BCUT2D eigenvalue weighted by Crippen LogP contribution is -2.38. The molecule has 1 atom stereocenters. The number of halogens is 1. The summed E-state index contributed by atoms with van der Waals surface area (Å²) in [4.78, 5) is 11.9. The van der Waals surface area contributed by atoms with E-state index in [4.69, 9.17) is 0 Å². The first-order chi connectivity index (χ1) is 9.72. The van der Waals surface area contributed by atoms with Crippen molar-refractivity contribution in [3.63, 3.8) is 0 Å². The van der Waals surface area contributed by atoms with E-state index < -0.39 is 0 Å². The van der Waals surface area contributed by atoms with Crippen LogP contribution in [0.15, 0.2) is 60.7 Å². The molecule has 0 aromatic heterocycles. The van der Waals surface area contributed by atoms with Gasteiger partial charge in [-0.15, -0.1) is 0 Å². The fourth-order valence-corrected chi connectivity index (χ4v) is 4.00. The third-order valence-corrected chi connectivity index (χ3v) is 5.16. The summed E-state index contributed by atoms with van der Waals surface area (Å²) >= 11 is 3.57. The molecule has 0 spiro atoms. The smallest absolute Gasteiger partial charge is 0.146 e. The normalized spacial score (nSPS) is 21.6. The van der Waals surface area contributed by atoms with Gasteiger partial charge in [-0.25, -0.2) is 0 Å². The van der Waals surface area contributed by atoms with Crippen LogP contribution in [0.1, 0.15) is 30.4 Å². The number of carbonyl (C=O) groups is 1. The van der Waals surface area contributed by atoms with Crippen LogP contribution in [-0.2, 0) is 10.2 Å². The van der Waals surface area contributed by atoms with Gasteiger partial charge in [-0.05, 0) is 24.0 Å². The summed E-state index contributed by atoms with van der Waals surface area (Å²) < 4.78 is 0. The summed E-state index contributed by atoms with van der Waals surface area (Å²) in [7, 11) is 0. The van der Waals surface area contributed by atoms with E-state index in [-0.39, 0.29) is 10.2 Å². The van der Waals surface area contributed by atoms with E-state index >= 15 is 0 Å². The Balaban J connectivity index is 2.11. The van der Waals surface area contributed by atoms with Gasteiger partial charge < -0.3 is 0 Å². The Bertz CT molecular complexity index is 552. The second-order valence-corrected chi connectivity index (χ2v) is 6.56. The molecule has 20 heavy (non-hydrogen) atoms. The summed E-state index contributed by atoms with van der Waals surface area (Å²) in [5.74, 6) is 0.326. The van der Waals surface area contributed by atoms with E-state index in [9.17, 15) is 4.79 Å². The predicted molar refractivity (Wildman–Crippen MR) is 85.2 cm³/mol. The number of rotatable bonds is 2. The summed E-state index contributed by atoms with van der Waals surface area (Å²) in [6.45, 7) is 0. The molecule has 1 nitrogen and oxygen atoms in total. The molecule has 0 aliphatic heterocycles. The summed E-state index contributed by atoms with van der Waals surface area (Å²) in [6, 6.07) is 21.2. The van der Waals surface area contributed by atoms with Gasteiger partial charge in [0, 0.05) is 11.8 Å². The van der Waals surface area contributed by atoms with Crippen molar-refractivity contribution in [2.75, 3.05) is 0 Å². The molecule has 0 N–H and O–H groups in total. The van der Waals surface area contributed by atoms with E-state index in [0.29, 0.717) is 12.2 Å². The third kappa shape index (κ3) is 2.33. The van der Waals surface area contributed by atoms with Gasteiger partial charge >= 0.3 is 0 Å². The van der Waals surface area contributed by atoms with Crippen molar-refractivity contribution in [2.24, 2.45) is 0 Å². The van der Waals surface area contributed by atoms with Crippen LogP contribution < -0.4 is 0 Å². The average Bonchev–Trinajstić information content (AvgIpc) is 2.52. The Kier molecular flexibility index (Phi) is 3.75. The lowest BCUT2D eigenvalue weighted by molar-refractivity contribution is -0.120. The molecule has 1 aliphatic rings. The zero-order chi connectivity index (χ0) is 14.0. The van der Waals surface area contributed by atoms with E-state index in [2.05, 4.69) is 64.5 Å². The van der Waals surface area contributed by atoms with Gasteiger partial charge in [0.1, 0.15) is 5.78 Å². The first kappa shape index (κ1) is 13.6. The SMILES string of the molecule is O=C1CCC(c2ccccc2)(c2ccccc2)CC1Br. The zero-order valence-corrected chi connectivity index (χ0v) is 12.8. The third-order valence-electron chi connectivity index (χ3n) is 4.33.